The zero-order valence-corrected chi connectivity index (χ0v) is 15.5. The molecule has 6 nitrogen and oxygen atoms in total. The molecule has 0 bridgehead atoms. The normalized spacial score (nSPS) is 14.4. The molecule has 0 unspecified atom stereocenters. The largest absolute Gasteiger partial charge is 0.491 e. The van der Waals surface area contributed by atoms with Crippen LogP contribution < -0.4 is 10.2 Å². The molecule has 12 heteroatoms. The van der Waals surface area contributed by atoms with E-state index in [1.54, 1.807) is 0 Å². The van der Waals surface area contributed by atoms with Crippen molar-refractivity contribution in [1.29, 1.82) is 0 Å². The summed E-state index contributed by atoms with van der Waals surface area (Å²) in [6.07, 6.45) is -10.1. The van der Waals surface area contributed by atoms with E-state index in [0.29, 0.717) is 17.7 Å². The molecule has 2 N–H and O–H groups in total. The molecule has 1 aliphatic heterocycles. The number of rotatable bonds is 2. The molecule has 0 spiro atoms. The van der Waals surface area contributed by atoms with Crippen LogP contribution in [-0.2, 0) is 18.9 Å². The van der Waals surface area contributed by atoms with E-state index < -0.39 is 40.9 Å². The van der Waals surface area contributed by atoms with Crippen molar-refractivity contribution in [3.05, 3.63) is 64.2 Å². The molecule has 1 heterocycles. The number of nitrogens with zero attached hydrogens (tertiary/aromatic N) is 1. The fraction of sp³-hybridized carbons (Fsp3) is 0.263. The van der Waals surface area contributed by atoms with Gasteiger partial charge in [-0.15, -0.1) is 0 Å². The molecule has 0 aliphatic carbocycles. The zero-order chi connectivity index (χ0) is 23.0. The van der Waals surface area contributed by atoms with Crippen molar-refractivity contribution < 1.29 is 45.9 Å². The molecule has 166 valence electrons. The third-order valence-corrected chi connectivity index (χ3v) is 4.53. The van der Waals surface area contributed by atoms with Crippen LogP contribution in [-0.4, -0.2) is 35.1 Å². The summed E-state index contributed by atoms with van der Waals surface area (Å²) in [5.74, 6) is -1.66. The lowest BCUT2D eigenvalue weighted by Crippen LogP contribution is -2.33. The number of halogens is 6. The molecule has 2 aromatic rings. The van der Waals surface area contributed by atoms with E-state index in [1.165, 1.54) is 23.7 Å². The maximum absolute atomic E-state index is 13.1. The number of hydrogen-bond acceptors (Lipinski definition) is 4. The monoisotopic (exact) mass is 448 g/mol. The van der Waals surface area contributed by atoms with Crippen LogP contribution in [0.2, 0.25) is 0 Å². The number of carbonyl (C=O) groups excluding carboxylic acids is 2. The van der Waals surface area contributed by atoms with E-state index in [9.17, 15) is 35.9 Å². The van der Waals surface area contributed by atoms with Crippen molar-refractivity contribution >= 4 is 11.8 Å². The number of hydroxylamine groups is 1. The first kappa shape index (κ1) is 22.4. The Hall–Kier alpha value is -3.28. The van der Waals surface area contributed by atoms with Gasteiger partial charge in [0.05, 0.1) is 17.7 Å². The van der Waals surface area contributed by atoms with Crippen LogP contribution in [0.15, 0.2) is 36.4 Å². The van der Waals surface area contributed by atoms with E-state index >= 15 is 0 Å². The van der Waals surface area contributed by atoms with Crippen molar-refractivity contribution in [3.63, 3.8) is 0 Å². The molecule has 2 aromatic carbocycles. The van der Waals surface area contributed by atoms with Gasteiger partial charge < -0.3 is 9.64 Å². The first-order valence-corrected chi connectivity index (χ1v) is 8.69. The number of hydrogen-bond donors (Lipinski definition) is 2. The van der Waals surface area contributed by atoms with Gasteiger partial charge in [-0.1, -0.05) is 6.07 Å². The lowest BCUT2D eigenvalue weighted by atomic mass is 10.0. The van der Waals surface area contributed by atoms with Crippen molar-refractivity contribution in [2.75, 3.05) is 13.2 Å². The maximum Gasteiger partial charge on any atom is 0.416 e. The predicted molar refractivity (Wildman–Crippen MR) is 92.4 cm³/mol. The number of carbonyl (C=O) groups is 2. The molecule has 0 saturated carbocycles. The molecule has 0 aromatic heterocycles. The highest BCUT2D eigenvalue weighted by molar-refractivity contribution is 5.95. The average Bonchev–Trinajstić information content (AvgIpc) is 2.92. The van der Waals surface area contributed by atoms with Gasteiger partial charge in [-0.3, -0.25) is 14.8 Å². The van der Waals surface area contributed by atoms with Gasteiger partial charge in [-0.05, 0) is 30.3 Å². The number of ether oxygens (including phenoxy) is 1. The summed E-state index contributed by atoms with van der Waals surface area (Å²) in [7, 11) is 0. The zero-order valence-electron chi connectivity index (χ0n) is 15.5. The minimum atomic E-state index is -5.07. The molecular weight excluding hydrogens is 434 g/mol. The van der Waals surface area contributed by atoms with Gasteiger partial charge in [-0.25, -0.2) is 5.48 Å². The predicted octanol–water partition coefficient (Wildman–Crippen LogP) is 3.88. The lowest BCUT2D eigenvalue weighted by molar-refractivity contribution is -0.143. The van der Waals surface area contributed by atoms with Crippen LogP contribution in [0.25, 0.3) is 0 Å². The van der Waals surface area contributed by atoms with Crippen LogP contribution in [0.1, 0.15) is 37.4 Å². The van der Waals surface area contributed by atoms with Gasteiger partial charge in [0.25, 0.3) is 11.8 Å². The summed E-state index contributed by atoms with van der Waals surface area (Å²) in [6.45, 7) is -0.409. The lowest BCUT2D eigenvalue weighted by Gasteiger charge is -2.21. The van der Waals surface area contributed by atoms with Gasteiger partial charge in [0, 0.05) is 23.2 Å². The number of amides is 2. The molecule has 0 radical (unpaired) electrons. The first-order chi connectivity index (χ1) is 14.4. The standard InChI is InChI=1S/C19H14F6N2O4/c20-18(21,22)13-5-12(6-14(8-13)19(23,24)25)17(29)27-3-4-31-15-7-10(16(28)26-30)1-2-11(15)9-27/h1-2,5-8,30H,3-4,9H2,(H,26,28). The van der Waals surface area contributed by atoms with Gasteiger partial charge >= 0.3 is 12.4 Å². The van der Waals surface area contributed by atoms with Gasteiger partial charge in [0.1, 0.15) is 12.4 Å². The molecule has 3 rings (SSSR count). The van der Waals surface area contributed by atoms with Crippen LogP contribution in [0.3, 0.4) is 0 Å². The maximum atomic E-state index is 13.1. The van der Waals surface area contributed by atoms with E-state index in [4.69, 9.17) is 9.94 Å². The van der Waals surface area contributed by atoms with Crippen molar-refractivity contribution in [3.8, 4) is 5.75 Å². The van der Waals surface area contributed by atoms with E-state index in [0.717, 1.165) is 4.90 Å². The molecule has 0 atom stereocenters. The van der Waals surface area contributed by atoms with Crippen molar-refractivity contribution in [1.82, 2.24) is 10.4 Å². The highest BCUT2D eigenvalue weighted by Gasteiger charge is 2.38. The summed E-state index contributed by atoms with van der Waals surface area (Å²) in [5.41, 5.74) is -2.06. The summed E-state index contributed by atoms with van der Waals surface area (Å²) >= 11 is 0. The smallest absolute Gasteiger partial charge is 0.416 e. The highest BCUT2D eigenvalue weighted by Crippen LogP contribution is 2.37. The van der Waals surface area contributed by atoms with Gasteiger partial charge in [-0.2, -0.15) is 26.3 Å². The molecule has 0 saturated heterocycles. The summed E-state index contributed by atoms with van der Waals surface area (Å²) < 4.78 is 83.9. The van der Waals surface area contributed by atoms with Crippen molar-refractivity contribution in [2.24, 2.45) is 0 Å². The third-order valence-electron chi connectivity index (χ3n) is 4.53. The van der Waals surface area contributed by atoms with Gasteiger partial charge in [0.15, 0.2) is 0 Å². The third kappa shape index (κ3) is 4.90. The fourth-order valence-electron chi connectivity index (χ4n) is 3.01. The second-order valence-electron chi connectivity index (χ2n) is 6.63. The van der Waals surface area contributed by atoms with Crippen LogP contribution in [0.5, 0.6) is 5.75 Å². The summed E-state index contributed by atoms with van der Waals surface area (Å²) in [6, 6.07) is 4.70. The first-order valence-electron chi connectivity index (χ1n) is 8.69. The van der Waals surface area contributed by atoms with E-state index in [1.807, 2.05) is 0 Å². The Morgan fingerprint density at radius 1 is 0.935 bits per heavy atom. The number of fused-ring (bicyclic) bond motifs is 1. The van der Waals surface area contributed by atoms with E-state index in [2.05, 4.69) is 0 Å². The Kier molecular flexibility index (Phi) is 5.85. The highest BCUT2D eigenvalue weighted by atomic mass is 19.4. The minimum Gasteiger partial charge on any atom is -0.491 e. The Balaban J connectivity index is 1.95. The van der Waals surface area contributed by atoms with Crippen LogP contribution in [0.4, 0.5) is 26.3 Å². The molecule has 2 amide bonds. The average molecular weight is 448 g/mol. The van der Waals surface area contributed by atoms with Crippen molar-refractivity contribution in [2.45, 2.75) is 18.9 Å². The van der Waals surface area contributed by atoms with Crippen LogP contribution in [0, 0.1) is 0 Å². The number of alkyl halides is 6. The summed E-state index contributed by atoms with van der Waals surface area (Å²) in [4.78, 5) is 25.3. The second kappa shape index (κ2) is 8.10. The Morgan fingerprint density at radius 2 is 1.55 bits per heavy atom. The quantitative estimate of drug-likeness (QED) is 0.415. The Bertz CT molecular complexity index is 987. The topological polar surface area (TPSA) is 78.9 Å². The van der Waals surface area contributed by atoms with E-state index in [-0.39, 0.29) is 37.1 Å². The van der Waals surface area contributed by atoms with Crippen LogP contribution >= 0.6 is 0 Å². The number of nitrogens with one attached hydrogen (secondary N) is 1. The summed E-state index contributed by atoms with van der Waals surface area (Å²) in [5, 5.41) is 8.69. The molecule has 31 heavy (non-hydrogen) atoms. The number of benzene rings is 2. The molecular formula is C19H14F6N2O4. The fourth-order valence-corrected chi connectivity index (χ4v) is 3.01. The Labute approximate surface area is 171 Å². The molecule has 1 aliphatic rings. The second-order valence-corrected chi connectivity index (χ2v) is 6.63. The molecule has 0 fully saturated rings. The van der Waals surface area contributed by atoms with Gasteiger partial charge in [0.2, 0.25) is 0 Å². The minimum absolute atomic E-state index is 0.0497. The Morgan fingerprint density at radius 3 is 2.10 bits per heavy atom. The SMILES string of the molecule is O=C(NO)c1ccc2c(c1)OCCN(C(=O)c1cc(C(F)(F)F)cc(C(F)(F)F)c1)C2.